The second kappa shape index (κ2) is 14.6. The van der Waals surface area contributed by atoms with E-state index < -0.39 is 41.6 Å². The van der Waals surface area contributed by atoms with Crippen molar-refractivity contribution in [3.05, 3.63) is 94.5 Å². The zero-order chi connectivity index (χ0) is 32.6. The van der Waals surface area contributed by atoms with Crippen LogP contribution in [0.15, 0.2) is 66.7 Å². The highest BCUT2D eigenvalue weighted by Gasteiger charge is 2.39. The van der Waals surface area contributed by atoms with Crippen LogP contribution >= 0.6 is 0 Å². The molecule has 0 radical (unpaired) electrons. The molecule has 0 aromatic heterocycles. The second-order valence-electron chi connectivity index (χ2n) is 12.0. The minimum absolute atomic E-state index is 0.0802. The minimum Gasteiger partial charge on any atom is -0.508 e. The number of alkyl carbamates (subject to hydrolysis) is 1. The Bertz CT molecular complexity index is 1480. The van der Waals surface area contributed by atoms with Crippen LogP contribution in [0.1, 0.15) is 74.9 Å². The fourth-order valence-corrected chi connectivity index (χ4v) is 4.90. The molecule has 3 amide bonds. The number of hydrogen-bond acceptors (Lipinski definition) is 5. The van der Waals surface area contributed by atoms with Crippen LogP contribution in [0.2, 0.25) is 0 Å². The van der Waals surface area contributed by atoms with E-state index in [1.54, 1.807) is 57.2 Å². The van der Waals surface area contributed by atoms with E-state index in [2.05, 4.69) is 16.6 Å². The number of anilines is 1. The Balaban J connectivity index is 2.13. The van der Waals surface area contributed by atoms with E-state index in [0.717, 1.165) is 11.1 Å². The number of aryl methyl sites for hydroxylation is 2. The number of hydrogen-bond donors (Lipinski definition) is 3. The van der Waals surface area contributed by atoms with E-state index in [-0.39, 0.29) is 12.2 Å². The Morgan fingerprint density at radius 3 is 2.09 bits per heavy atom. The molecule has 8 heteroatoms. The van der Waals surface area contributed by atoms with Crippen LogP contribution in [0.3, 0.4) is 0 Å². The monoisotopic (exact) mass is 597 g/mol. The van der Waals surface area contributed by atoms with Crippen molar-refractivity contribution in [2.24, 2.45) is 0 Å². The van der Waals surface area contributed by atoms with E-state index >= 15 is 0 Å². The van der Waals surface area contributed by atoms with Gasteiger partial charge in [0.15, 0.2) is 0 Å². The molecule has 0 bridgehead atoms. The zero-order valence-electron chi connectivity index (χ0n) is 26.6. The molecule has 3 rings (SSSR count). The van der Waals surface area contributed by atoms with Crippen LogP contribution in [0.4, 0.5) is 10.5 Å². The van der Waals surface area contributed by atoms with Crippen molar-refractivity contribution in [1.29, 1.82) is 0 Å². The molecule has 0 heterocycles. The van der Waals surface area contributed by atoms with Crippen molar-refractivity contribution < 1.29 is 24.2 Å². The summed E-state index contributed by atoms with van der Waals surface area (Å²) in [4.78, 5) is 43.5. The Morgan fingerprint density at radius 1 is 0.977 bits per heavy atom. The summed E-state index contributed by atoms with van der Waals surface area (Å²) in [6.45, 7) is 12.8. The summed E-state index contributed by atoms with van der Waals surface area (Å²) < 4.78 is 5.51. The molecule has 3 aromatic rings. The average Bonchev–Trinajstić information content (AvgIpc) is 2.97. The Morgan fingerprint density at radius 2 is 1.57 bits per heavy atom. The van der Waals surface area contributed by atoms with Crippen LogP contribution in [0.25, 0.3) is 0 Å². The first-order valence-electron chi connectivity index (χ1n) is 14.8. The predicted octanol–water partition coefficient (Wildman–Crippen LogP) is 6.43. The normalized spacial score (nSPS) is 13.1. The van der Waals surface area contributed by atoms with Crippen LogP contribution in [-0.2, 0) is 20.7 Å². The number of benzene rings is 3. The molecule has 44 heavy (non-hydrogen) atoms. The number of carbonyl (C=O) groups excluding carboxylic acids is 3. The van der Waals surface area contributed by atoms with Gasteiger partial charge in [-0.15, -0.1) is 6.42 Å². The molecule has 8 nitrogen and oxygen atoms in total. The van der Waals surface area contributed by atoms with Crippen molar-refractivity contribution in [2.45, 2.75) is 85.0 Å². The van der Waals surface area contributed by atoms with Gasteiger partial charge in [-0.3, -0.25) is 9.59 Å². The number of para-hydroxylation sites is 1. The lowest BCUT2D eigenvalue weighted by molar-refractivity contribution is -0.143. The molecule has 0 fully saturated rings. The van der Waals surface area contributed by atoms with Gasteiger partial charge in [0.2, 0.25) is 5.91 Å². The predicted molar refractivity (Wildman–Crippen MR) is 173 cm³/mol. The van der Waals surface area contributed by atoms with Crippen LogP contribution in [0.5, 0.6) is 5.75 Å². The summed E-state index contributed by atoms with van der Waals surface area (Å²) in [5.41, 5.74) is 3.57. The first-order chi connectivity index (χ1) is 20.7. The third-order valence-corrected chi connectivity index (χ3v) is 7.33. The van der Waals surface area contributed by atoms with Crippen LogP contribution < -0.4 is 10.6 Å². The largest absolute Gasteiger partial charge is 0.508 e. The van der Waals surface area contributed by atoms with Crippen molar-refractivity contribution in [1.82, 2.24) is 10.2 Å². The maximum absolute atomic E-state index is 14.6. The molecule has 3 unspecified atom stereocenters. The molecule has 3 atom stereocenters. The number of carbonyl (C=O) groups is 3. The van der Waals surface area contributed by atoms with Gasteiger partial charge in [0, 0.05) is 23.7 Å². The number of phenols is 1. The number of amides is 3. The lowest BCUT2D eigenvalue weighted by atomic mass is 9.97. The first-order valence-corrected chi connectivity index (χ1v) is 14.8. The molecular formula is C36H43N3O5. The summed E-state index contributed by atoms with van der Waals surface area (Å²) in [5, 5.41) is 15.6. The molecule has 0 spiro atoms. The Labute approximate surface area is 260 Å². The van der Waals surface area contributed by atoms with Crippen molar-refractivity contribution in [3.63, 3.8) is 0 Å². The maximum Gasteiger partial charge on any atom is 0.408 e. The number of rotatable bonds is 10. The molecule has 0 aliphatic heterocycles. The number of ether oxygens (including phenoxy) is 1. The lowest BCUT2D eigenvalue weighted by Crippen LogP contribution is -2.55. The van der Waals surface area contributed by atoms with Gasteiger partial charge >= 0.3 is 6.09 Å². The SMILES string of the molecule is C#Cc1ccc(C(C(=O)Nc2c(C)cccc2C)N(C(=O)C(Cc2ccc(O)cc2)NC(=O)OC(C)(C)C)C(C)CC)cc1. The van der Waals surface area contributed by atoms with Crippen molar-refractivity contribution in [3.8, 4) is 18.1 Å². The maximum atomic E-state index is 14.6. The fourth-order valence-electron chi connectivity index (χ4n) is 4.90. The lowest BCUT2D eigenvalue weighted by Gasteiger charge is -2.38. The Kier molecular flexibility index (Phi) is 11.2. The quantitative estimate of drug-likeness (QED) is 0.233. The summed E-state index contributed by atoms with van der Waals surface area (Å²) >= 11 is 0. The fraction of sp³-hybridized carbons (Fsp3) is 0.361. The molecule has 0 saturated carbocycles. The average molecular weight is 598 g/mol. The Hall–Kier alpha value is -4.77. The summed E-state index contributed by atoms with van der Waals surface area (Å²) in [6, 6.07) is 16.6. The first kappa shape index (κ1) is 33.7. The molecule has 0 aliphatic carbocycles. The van der Waals surface area contributed by atoms with Gasteiger partial charge < -0.3 is 25.4 Å². The number of phenolic OH excluding ortho intramolecular Hbond substituents is 1. The van der Waals surface area contributed by atoms with Gasteiger partial charge in [-0.05, 0) is 94.5 Å². The highest BCUT2D eigenvalue weighted by Crippen LogP contribution is 2.30. The smallest absolute Gasteiger partial charge is 0.408 e. The summed E-state index contributed by atoms with van der Waals surface area (Å²) in [5.74, 6) is 1.82. The number of nitrogens with zero attached hydrogens (tertiary/aromatic N) is 1. The van der Waals surface area contributed by atoms with E-state index in [1.807, 2.05) is 45.9 Å². The van der Waals surface area contributed by atoms with Crippen molar-refractivity contribution >= 4 is 23.6 Å². The third kappa shape index (κ3) is 8.87. The van der Waals surface area contributed by atoms with Gasteiger partial charge in [-0.25, -0.2) is 4.79 Å². The highest BCUT2D eigenvalue weighted by molar-refractivity contribution is 6.00. The molecule has 0 saturated heterocycles. The van der Waals surface area contributed by atoms with E-state index in [0.29, 0.717) is 28.8 Å². The molecule has 3 aromatic carbocycles. The standard InChI is InChI=1S/C36H43N3O5/c1-9-25(5)39(34(42)30(37-35(43)44-36(6,7)8)22-27-16-20-29(40)21-17-27)32(28-18-14-26(10-2)15-19-28)33(41)38-31-23(3)12-11-13-24(31)4/h2,11-21,25,30,32,40H,9,22H2,1,3-8H3,(H,37,43)(H,38,41). The number of aromatic hydroxyl groups is 1. The van der Waals surface area contributed by atoms with Crippen LogP contribution in [0, 0.1) is 26.2 Å². The number of terminal acetylenes is 1. The molecule has 0 aliphatic rings. The van der Waals surface area contributed by atoms with Gasteiger partial charge in [0.25, 0.3) is 5.91 Å². The third-order valence-electron chi connectivity index (χ3n) is 7.33. The van der Waals surface area contributed by atoms with Gasteiger partial charge in [-0.2, -0.15) is 0 Å². The molecule has 232 valence electrons. The zero-order valence-corrected chi connectivity index (χ0v) is 26.6. The van der Waals surface area contributed by atoms with E-state index in [4.69, 9.17) is 11.2 Å². The van der Waals surface area contributed by atoms with Crippen LogP contribution in [-0.4, -0.2) is 45.6 Å². The van der Waals surface area contributed by atoms with Gasteiger partial charge in [0.1, 0.15) is 23.4 Å². The second-order valence-corrected chi connectivity index (χ2v) is 12.0. The number of nitrogens with one attached hydrogen (secondary N) is 2. The van der Waals surface area contributed by atoms with Gasteiger partial charge in [0.05, 0.1) is 0 Å². The van der Waals surface area contributed by atoms with Crippen molar-refractivity contribution in [2.75, 3.05) is 5.32 Å². The van der Waals surface area contributed by atoms with E-state index in [1.165, 1.54) is 17.0 Å². The minimum atomic E-state index is -1.08. The van der Waals surface area contributed by atoms with Gasteiger partial charge in [-0.1, -0.05) is 55.3 Å². The summed E-state index contributed by atoms with van der Waals surface area (Å²) in [7, 11) is 0. The molecular weight excluding hydrogens is 554 g/mol. The summed E-state index contributed by atoms with van der Waals surface area (Å²) in [6.07, 6.45) is 5.49. The topological polar surface area (TPSA) is 108 Å². The molecule has 3 N–H and O–H groups in total. The highest BCUT2D eigenvalue weighted by atomic mass is 16.6. The van der Waals surface area contributed by atoms with E-state index in [9.17, 15) is 19.5 Å².